The SMILES string of the molecule is C=CCOc1ccc(C2(O)O[C@H](COCc3ccccc3)[C@@H](OCc3ccccc3)[C@H](OCc3ccccc3)[C@H]2OCc2ccccc2)cc1Cc1ccc2c(c1)CC2. The summed E-state index contributed by atoms with van der Waals surface area (Å²) in [6.45, 7) is 5.45. The molecular formula is C52H52O7. The first-order valence-corrected chi connectivity index (χ1v) is 20.5. The number of ether oxygens (including phenoxy) is 6. The third kappa shape index (κ3) is 10.1. The topological polar surface area (TPSA) is 75.6 Å². The Morgan fingerprint density at radius 3 is 1.71 bits per heavy atom. The van der Waals surface area contributed by atoms with Gasteiger partial charge in [0.25, 0.3) is 0 Å². The van der Waals surface area contributed by atoms with E-state index in [4.69, 9.17) is 28.4 Å². The maximum absolute atomic E-state index is 13.4. The van der Waals surface area contributed by atoms with Crippen LogP contribution in [0.1, 0.15) is 50.1 Å². The summed E-state index contributed by atoms with van der Waals surface area (Å²) in [5.41, 5.74) is 9.33. The Bertz CT molecular complexity index is 2230. The molecule has 0 amide bonds. The highest BCUT2D eigenvalue weighted by Gasteiger charge is 2.57. The molecule has 0 saturated carbocycles. The van der Waals surface area contributed by atoms with Gasteiger partial charge in [-0.25, -0.2) is 0 Å². The number of hydrogen-bond acceptors (Lipinski definition) is 7. The molecule has 1 unspecified atom stereocenters. The highest BCUT2D eigenvalue weighted by molar-refractivity contribution is 5.45. The average molecular weight is 789 g/mol. The van der Waals surface area contributed by atoms with Gasteiger partial charge in [0.05, 0.1) is 33.0 Å². The van der Waals surface area contributed by atoms with Gasteiger partial charge in [0, 0.05) is 12.0 Å². The summed E-state index contributed by atoms with van der Waals surface area (Å²) in [5, 5.41) is 13.4. The Morgan fingerprint density at radius 1 is 0.593 bits per heavy atom. The van der Waals surface area contributed by atoms with Crippen LogP contribution in [0.5, 0.6) is 5.75 Å². The Kier molecular flexibility index (Phi) is 13.4. The summed E-state index contributed by atoms with van der Waals surface area (Å²) in [5.74, 6) is -1.29. The fourth-order valence-corrected chi connectivity index (χ4v) is 7.89. The lowest BCUT2D eigenvalue weighted by atomic mass is 9.85. The molecule has 1 aliphatic carbocycles. The zero-order chi connectivity index (χ0) is 40.3. The lowest BCUT2D eigenvalue weighted by molar-refractivity contribution is -0.378. The van der Waals surface area contributed by atoms with E-state index in [1.807, 2.05) is 140 Å². The largest absolute Gasteiger partial charge is 0.489 e. The summed E-state index contributed by atoms with van der Waals surface area (Å²) in [6, 6.07) is 52.4. The van der Waals surface area contributed by atoms with Gasteiger partial charge in [0.1, 0.15) is 36.8 Å². The van der Waals surface area contributed by atoms with Crippen LogP contribution in [0.3, 0.4) is 0 Å². The predicted molar refractivity (Wildman–Crippen MR) is 229 cm³/mol. The minimum Gasteiger partial charge on any atom is -0.489 e. The second-order valence-electron chi connectivity index (χ2n) is 15.3. The molecule has 0 spiro atoms. The fraction of sp³-hybridized carbons (Fsp3) is 0.269. The number of benzene rings is 6. The smallest absolute Gasteiger partial charge is 0.222 e. The highest BCUT2D eigenvalue weighted by atomic mass is 16.7. The van der Waals surface area contributed by atoms with Gasteiger partial charge >= 0.3 is 0 Å². The van der Waals surface area contributed by atoms with Crippen LogP contribution in [0, 0.1) is 0 Å². The third-order valence-electron chi connectivity index (χ3n) is 11.1. The van der Waals surface area contributed by atoms with E-state index < -0.39 is 30.2 Å². The Balaban J connectivity index is 1.20. The standard InChI is InChI=1S/C52H52O7/c1-2-29-55-47-28-27-46(32-45(47)31-42-23-24-43-25-26-44(43)30-42)52(53)51(58-36-41-21-13-6-14-22-41)50(57-35-40-19-11-5-12-20-40)49(56-34-39-17-9-4-10-18-39)48(59-52)37-54-33-38-15-7-3-8-16-38/h2-24,27-28,30,32,48-51,53H,1,25-26,29,31,33-37H2/t48-,49-,50+,51-,52?/m1/s1. The van der Waals surface area contributed by atoms with E-state index in [1.54, 1.807) is 6.08 Å². The summed E-state index contributed by atoms with van der Waals surface area (Å²) in [7, 11) is 0. The van der Waals surface area contributed by atoms with Crippen molar-refractivity contribution in [2.45, 2.75) is 75.9 Å². The molecule has 1 saturated heterocycles. The number of fused-ring (bicyclic) bond motifs is 1. The average Bonchev–Trinajstić information content (AvgIpc) is 3.27. The molecule has 302 valence electrons. The summed E-state index contributed by atoms with van der Waals surface area (Å²) >= 11 is 0. The molecule has 0 aromatic heterocycles. The van der Waals surface area contributed by atoms with Crippen molar-refractivity contribution < 1.29 is 33.5 Å². The van der Waals surface area contributed by atoms with Crippen LogP contribution in [0.2, 0.25) is 0 Å². The molecule has 5 atom stereocenters. The van der Waals surface area contributed by atoms with Crippen molar-refractivity contribution >= 4 is 0 Å². The normalized spacial score (nSPS) is 21.0. The fourth-order valence-electron chi connectivity index (χ4n) is 7.89. The van der Waals surface area contributed by atoms with Crippen LogP contribution in [-0.4, -0.2) is 42.7 Å². The first-order valence-electron chi connectivity index (χ1n) is 20.5. The molecule has 8 rings (SSSR count). The molecule has 59 heavy (non-hydrogen) atoms. The van der Waals surface area contributed by atoms with Crippen molar-refractivity contribution in [3.63, 3.8) is 0 Å². The number of aryl methyl sites for hydroxylation is 2. The van der Waals surface area contributed by atoms with Gasteiger partial charge in [-0.15, -0.1) is 0 Å². The van der Waals surface area contributed by atoms with E-state index in [1.165, 1.54) is 16.7 Å². The van der Waals surface area contributed by atoms with Crippen molar-refractivity contribution in [1.29, 1.82) is 0 Å². The van der Waals surface area contributed by atoms with Gasteiger partial charge < -0.3 is 33.5 Å². The van der Waals surface area contributed by atoms with Gasteiger partial charge in [0.2, 0.25) is 5.79 Å². The monoisotopic (exact) mass is 788 g/mol. The summed E-state index contributed by atoms with van der Waals surface area (Å²) in [4.78, 5) is 0. The minimum atomic E-state index is -2.00. The molecule has 7 heteroatoms. The summed E-state index contributed by atoms with van der Waals surface area (Å²) in [6.07, 6.45) is 1.22. The molecular weight excluding hydrogens is 737 g/mol. The maximum Gasteiger partial charge on any atom is 0.222 e. The van der Waals surface area contributed by atoms with E-state index >= 15 is 0 Å². The van der Waals surface area contributed by atoms with Gasteiger partial charge in [-0.05, 0) is 75.5 Å². The molecule has 0 bridgehead atoms. The molecule has 0 radical (unpaired) electrons. The lowest BCUT2D eigenvalue weighted by Gasteiger charge is -2.50. The van der Waals surface area contributed by atoms with E-state index in [0.717, 1.165) is 40.7 Å². The van der Waals surface area contributed by atoms with Crippen molar-refractivity contribution in [3.8, 4) is 5.75 Å². The van der Waals surface area contributed by atoms with Crippen LogP contribution in [0.15, 0.2) is 170 Å². The second kappa shape index (κ2) is 19.6. The number of hydrogen-bond donors (Lipinski definition) is 1. The molecule has 1 N–H and O–H groups in total. The second-order valence-corrected chi connectivity index (χ2v) is 15.3. The molecule has 2 aliphatic rings. The van der Waals surface area contributed by atoms with Crippen molar-refractivity contribution in [1.82, 2.24) is 0 Å². The van der Waals surface area contributed by atoms with Crippen molar-refractivity contribution in [3.05, 3.63) is 220 Å². The lowest BCUT2D eigenvalue weighted by Crippen LogP contribution is -2.65. The Morgan fingerprint density at radius 2 is 1.15 bits per heavy atom. The van der Waals surface area contributed by atoms with Gasteiger partial charge in [-0.1, -0.05) is 152 Å². The molecule has 7 nitrogen and oxygen atoms in total. The Hall–Kier alpha value is -5.38. The van der Waals surface area contributed by atoms with Gasteiger partial charge in [0.15, 0.2) is 0 Å². The predicted octanol–water partition coefficient (Wildman–Crippen LogP) is 9.46. The van der Waals surface area contributed by atoms with E-state index in [0.29, 0.717) is 37.6 Å². The van der Waals surface area contributed by atoms with E-state index in [9.17, 15) is 5.11 Å². The zero-order valence-corrected chi connectivity index (χ0v) is 33.4. The first kappa shape index (κ1) is 40.4. The molecule has 1 aliphatic heterocycles. The van der Waals surface area contributed by atoms with Crippen LogP contribution in [0.25, 0.3) is 0 Å². The maximum atomic E-state index is 13.4. The third-order valence-corrected chi connectivity index (χ3v) is 11.1. The number of aliphatic hydroxyl groups is 1. The van der Waals surface area contributed by atoms with E-state index in [-0.39, 0.29) is 19.8 Å². The molecule has 1 fully saturated rings. The van der Waals surface area contributed by atoms with Gasteiger partial charge in [-0.2, -0.15) is 0 Å². The number of rotatable bonds is 19. The quantitative estimate of drug-likeness (QED) is 0.0821. The van der Waals surface area contributed by atoms with Crippen molar-refractivity contribution in [2.75, 3.05) is 13.2 Å². The van der Waals surface area contributed by atoms with Crippen LogP contribution in [-0.2, 0) is 75.2 Å². The first-order chi connectivity index (χ1) is 29.1. The molecule has 6 aromatic carbocycles. The summed E-state index contributed by atoms with van der Waals surface area (Å²) < 4.78 is 40.2. The van der Waals surface area contributed by atoms with Crippen LogP contribution in [0.4, 0.5) is 0 Å². The van der Waals surface area contributed by atoms with E-state index in [2.05, 4.69) is 24.8 Å². The minimum absolute atomic E-state index is 0.121. The van der Waals surface area contributed by atoms with Gasteiger partial charge in [-0.3, -0.25) is 0 Å². The molecule has 1 heterocycles. The highest BCUT2D eigenvalue weighted by Crippen LogP contribution is 2.43. The zero-order valence-electron chi connectivity index (χ0n) is 33.4. The van der Waals surface area contributed by atoms with Crippen LogP contribution >= 0.6 is 0 Å². The van der Waals surface area contributed by atoms with Crippen molar-refractivity contribution in [2.24, 2.45) is 0 Å². The van der Waals surface area contributed by atoms with Crippen LogP contribution < -0.4 is 4.74 Å². The molecule has 6 aromatic rings. The Labute approximate surface area is 347 Å².